The summed E-state index contributed by atoms with van der Waals surface area (Å²) in [4.78, 5) is 4.54. The number of benzene rings is 2. The Hall–Kier alpha value is -2.30. The van der Waals surface area contributed by atoms with E-state index in [4.69, 9.17) is 16.3 Å². The first kappa shape index (κ1) is 16.6. The quantitative estimate of drug-likeness (QED) is 0.723. The molecule has 2 N–H and O–H groups in total. The Bertz CT molecular complexity index is 850. The molecule has 1 atom stereocenters. The van der Waals surface area contributed by atoms with E-state index in [1.54, 1.807) is 19.2 Å². The maximum atomic E-state index is 10.4. The van der Waals surface area contributed by atoms with E-state index in [2.05, 4.69) is 10.3 Å². The number of aryl methyl sites for hydroxylation is 1. The number of hydrogen-bond acceptors (Lipinski definition) is 4. The number of methoxy groups -OCH3 is 1. The molecule has 4 nitrogen and oxygen atoms in total. The lowest BCUT2D eigenvalue weighted by Gasteiger charge is -2.15. The van der Waals surface area contributed by atoms with E-state index in [9.17, 15) is 5.11 Å². The zero-order valence-electron chi connectivity index (χ0n) is 13.6. The van der Waals surface area contributed by atoms with Crippen LogP contribution in [0.5, 0.6) is 5.75 Å². The van der Waals surface area contributed by atoms with Gasteiger partial charge < -0.3 is 15.2 Å². The van der Waals surface area contributed by atoms with E-state index < -0.39 is 6.10 Å². The number of anilines is 1. The van der Waals surface area contributed by atoms with Crippen molar-refractivity contribution in [2.75, 3.05) is 19.0 Å². The van der Waals surface area contributed by atoms with Gasteiger partial charge in [-0.3, -0.25) is 4.98 Å². The fourth-order valence-corrected chi connectivity index (χ4v) is 2.75. The van der Waals surface area contributed by atoms with Crippen LogP contribution in [0.4, 0.5) is 5.69 Å². The lowest BCUT2D eigenvalue weighted by molar-refractivity contribution is 0.191. The Morgan fingerprint density at radius 1 is 1.17 bits per heavy atom. The molecule has 24 heavy (non-hydrogen) atoms. The summed E-state index contributed by atoms with van der Waals surface area (Å²) in [6.07, 6.45) is -0.621. The molecular weight excluding hydrogens is 324 g/mol. The lowest BCUT2D eigenvalue weighted by atomic mass is 10.1. The van der Waals surface area contributed by atoms with Crippen molar-refractivity contribution in [3.63, 3.8) is 0 Å². The van der Waals surface area contributed by atoms with Gasteiger partial charge in [-0.15, -0.1) is 0 Å². The lowest BCUT2D eigenvalue weighted by Crippen LogP contribution is -2.12. The molecule has 0 bridgehead atoms. The predicted molar refractivity (Wildman–Crippen MR) is 97.9 cm³/mol. The van der Waals surface area contributed by atoms with Crippen LogP contribution in [0.15, 0.2) is 48.5 Å². The van der Waals surface area contributed by atoms with Crippen LogP contribution in [-0.4, -0.2) is 23.7 Å². The summed E-state index contributed by atoms with van der Waals surface area (Å²) in [5.41, 5.74) is 3.52. The number of rotatable bonds is 5. The van der Waals surface area contributed by atoms with E-state index in [1.165, 1.54) is 0 Å². The molecule has 0 radical (unpaired) electrons. The molecule has 0 saturated carbocycles. The van der Waals surface area contributed by atoms with E-state index in [1.807, 2.05) is 43.3 Å². The van der Waals surface area contributed by atoms with Crippen molar-refractivity contribution >= 4 is 28.2 Å². The topological polar surface area (TPSA) is 54.4 Å². The normalized spacial score (nSPS) is 12.2. The van der Waals surface area contributed by atoms with E-state index in [-0.39, 0.29) is 0 Å². The monoisotopic (exact) mass is 342 g/mol. The van der Waals surface area contributed by atoms with Gasteiger partial charge in [-0.2, -0.15) is 0 Å². The SMILES string of the molecule is COc1ccc2c(NCC(O)c3ccc(Cl)cc3)cc(C)nc2c1. The summed E-state index contributed by atoms with van der Waals surface area (Å²) in [7, 11) is 1.64. The average molecular weight is 343 g/mol. The first-order valence-electron chi connectivity index (χ1n) is 7.69. The van der Waals surface area contributed by atoms with Crippen LogP contribution < -0.4 is 10.1 Å². The highest BCUT2D eigenvalue weighted by Crippen LogP contribution is 2.27. The summed E-state index contributed by atoms with van der Waals surface area (Å²) < 4.78 is 5.26. The minimum atomic E-state index is -0.621. The molecular formula is C19H19ClN2O2. The molecule has 0 saturated heterocycles. The Morgan fingerprint density at radius 3 is 2.62 bits per heavy atom. The second kappa shape index (κ2) is 7.07. The molecule has 1 unspecified atom stereocenters. The third kappa shape index (κ3) is 3.61. The van der Waals surface area contributed by atoms with Crippen LogP contribution in [-0.2, 0) is 0 Å². The second-order valence-corrected chi connectivity index (χ2v) is 6.08. The second-order valence-electron chi connectivity index (χ2n) is 5.64. The number of aromatic nitrogens is 1. The zero-order chi connectivity index (χ0) is 17.1. The Labute approximate surface area is 146 Å². The van der Waals surface area contributed by atoms with Gasteiger partial charge in [0, 0.05) is 34.4 Å². The Kier molecular flexibility index (Phi) is 4.88. The van der Waals surface area contributed by atoms with Gasteiger partial charge in [0.1, 0.15) is 5.75 Å². The molecule has 1 aromatic heterocycles. The van der Waals surface area contributed by atoms with Gasteiger partial charge in [0.25, 0.3) is 0 Å². The maximum absolute atomic E-state index is 10.4. The first-order chi connectivity index (χ1) is 11.6. The minimum absolute atomic E-state index is 0.395. The van der Waals surface area contributed by atoms with E-state index in [0.29, 0.717) is 11.6 Å². The summed E-state index contributed by atoms with van der Waals surface area (Å²) >= 11 is 5.88. The van der Waals surface area contributed by atoms with Crippen molar-refractivity contribution in [2.24, 2.45) is 0 Å². The number of hydrogen-bond donors (Lipinski definition) is 2. The van der Waals surface area contributed by atoms with Gasteiger partial charge in [-0.25, -0.2) is 0 Å². The van der Waals surface area contributed by atoms with Gasteiger partial charge in [0.2, 0.25) is 0 Å². The van der Waals surface area contributed by atoms with Crippen LogP contribution in [0, 0.1) is 6.92 Å². The minimum Gasteiger partial charge on any atom is -0.497 e. The number of halogens is 1. The van der Waals surface area contributed by atoms with Crippen LogP contribution in [0.2, 0.25) is 5.02 Å². The number of fused-ring (bicyclic) bond motifs is 1. The molecule has 0 aliphatic heterocycles. The Morgan fingerprint density at radius 2 is 1.92 bits per heavy atom. The molecule has 0 aliphatic rings. The zero-order valence-corrected chi connectivity index (χ0v) is 14.3. The van der Waals surface area contributed by atoms with Crippen molar-refractivity contribution in [1.29, 1.82) is 0 Å². The predicted octanol–water partition coefficient (Wildman–Crippen LogP) is 4.35. The van der Waals surface area contributed by atoms with Gasteiger partial charge in [-0.05, 0) is 42.8 Å². The van der Waals surface area contributed by atoms with Crippen molar-refractivity contribution in [2.45, 2.75) is 13.0 Å². The molecule has 5 heteroatoms. The molecule has 3 rings (SSSR count). The van der Waals surface area contributed by atoms with Crippen molar-refractivity contribution in [3.8, 4) is 5.75 Å². The summed E-state index contributed by atoms with van der Waals surface area (Å²) in [5.74, 6) is 0.771. The van der Waals surface area contributed by atoms with Crippen LogP contribution in [0.3, 0.4) is 0 Å². The van der Waals surface area contributed by atoms with Gasteiger partial charge in [0.05, 0.1) is 18.7 Å². The number of nitrogens with zero attached hydrogens (tertiary/aromatic N) is 1. The number of ether oxygens (including phenoxy) is 1. The number of nitrogens with one attached hydrogen (secondary N) is 1. The molecule has 0 amide bonds. The van der Waals surface area contributed by atoms with Crippen molar-refractivity contribution < 1.29 is 9.84 Å². The van der Waals surface area contributed by atoms with Crippen LogP contribution in [0.1, 0.15) is 17.4 Å². The smallest absolute Gasteiger partial charge is 0.121 e. The standard InChI is InChI=1S/C19H19ClN2O2/c1-12-9-17(16-8-7-15(24-2)10-18(16)22-12)21-11-19(23)13-3-5-14(20)6-4-13/h3-10,19,23H,11H2,1-2H3,(H,21,22). The van der Waals surface area contributed by atoms with Crippen LogP contribution >= 0.6 is 11.6 Å². The average Bonchev–Trinajstić information content (AvgIpc) is 2.59. The molecule has 0 aliphatic carbocycles. The van der Waals surface area contributed by atoms with Crippen molar-refractivity contribution in [3.05, 3.63) is 64.8 Å². The molecule has 3 aromatic rings. The van der Waals surface area contributed by atoms with Gasteiger partial charge >= 0.3 is 0 Å². The molecule has 0 fully saturated rings. The highest BCUT2D eigenvalue weighted by atomic mass is 35.5. The highest BCUT2D eigenvalue weighted by Gasteiger charge is 2.10. The van der Waals surface area contributed by atoms with Crippen molar-refractivity contribution in [1.82, 2.24) is 4.98 Å². The molecule has 0 spiro atoms. The fraction of sp³-hybridized carbons (Fsp3) is 0.211. The molecule has 1 heterocycles. The molecule has 2 aromatic carbocycles. The van der Waals surface area contributed by atoms with Gasteiger partial charge in [0.15, 0.2) is 0 Å². The first-order valence-corrected chi connectivity index (χ1v) is 8.07. The molecule has 124 valence electrons. The largest absolute Gasteiger partial charge is 0.497 e. The van der Waals surface area contributed by atoms with E-state index in [0.717, 1.165) is 33.6 Å². The summed E-state index contributed by atoms with van der Waals surface area (Å²) in [6.45, 7) is 2.34. The van der Waals surface area contributed by atoms with Gasteiger partial charge in [-0.1, -0.05) is 23.7 Å². The number of aliphatic hydroxyl groups excluding tert-OH is 1. The Balaban J connectivity index is 1.83. The summed E-state index contributed by atoms with van der Waals surface area (Å²) in [5, 5.41) is 15.3. The third-order valence-corrected chi connectivity index (χ3v) is 4.14. The van der Waals surface area contributed by atoms with Crippen LogP contribution in [0.25, 0.3) is 10.9 Å². The highest BCUT2D eigenvalue weighted by molar-refractivity contribution is 6.30. The third-order valence-electron chi connectivity index (χ3n) is 3.89. The number of pyridine rings is 1. The van der Waals surface area contributed by atoms with E-state index >= 15 is 0 Å². The maximum Gasteiger partial charge on any atom is 0.121 e. The summed E-state index contributed by atoms with van der Waals surface area (Å²) in [6, 6.07) is 15.0. The number of aliphatic hydroxyl groups is 1. The fourth-order valence-electron chi connectivity index (χ4n) is 2.62.